The topological polar surface area (TPSA) is 92.5 Å². The minimum atomic E-state index is -2.55. The van der Waals surface area contributed by atoms with Crippen molar-refractivity contribution in [3.63, 3.8) is 0 Å². The van der Waals surface area contributed by atoms with E-state index in [1.165, 1.54) is 19.2 Å². The summed E-state index contributed by atoms with van der Waals surface area (Å²) in [5.41, 5.74) is -0.287. The molecule has 1 aromatic rings. The van der Waals surface area contributed by atoms with Crippen LogP contribution in [0, 0.1) is 10.1 Å². The maximum absolute atomic E-state index is 10.7. The first-order chi connectivity index (χ1) is 6.56. The number of methoxy groups -OCH3 is 1. The van der Waals surface area contributed by atoms with Gasteiger partial charge in [-0.3, -0.25) is 14.3 Å². The van der Waals surface area contributed by atoms with Crippen LogP contribution in [0.5, 0.6) is 5.75 Å². The van der Waals surface area contributed by atoms with Crippen LogP contribution >= 0.6 is 0 Å². The van der Waals surface area contributed by atoms with Gasteiger partial charge in [-0.1, -0.05) is 0 Å². The van der Waals surface area contributed by atoms with E-state index in [0.717, 1.165) is 6.07 Å². The molecule has 0 N–H and O–H groups in total. The van der Waals surface area contributed by atoms with Crippen LogP contribution in [-0.2, 0) is 11.1 Å². The molecule has 0 aliphatic rings. The van der Waals surface area contributed by atoms with Crippen molar-refractivity contribution in [3.05, 3.63) is 28.3 Å². The fraction of sp³-hybridized carbons (Fsp3) is 0.143. The van der Waals surface area contributed by atoms with Gasteiger partial charge in [0.1, 0.15) is 5.75 Å². The van der Waals surface area contributed by atoms with Gasteiger partial charge in [0.05, 0.1) is 16.9 Å². The first-order valence-electron chi connectivity index (χ1n) is 3.48. The second kappa shape index (κ2) is 6.69. The molecule has 0 spiro atoms. The molecule has 1 unspecified atom stereocenters. The molecule has 1 atom stereocenters. The fourth-order valence-electron chi connectivity index (χ4n) is 0.909. The van der Waals surface area contributed by atoms with Crippen LogP contribution in [0.15, 0.2) is 23.1 Å². The Labute approximate surface area is 131 Å². The predicted molar refractivity (Wildman–Crippen MR) is 46.8 cm³/mol. The monoisotopic (exact) mass is 255 g/mol. The van der Waals surface area contributed by atoms with Gasteiger partial charge >= 0.3 is 51.4 Å². The number of hydrogen-bond acceptors (Lipinski definition) is 5. The molecule has 0 fully saturated rings. The average molecular weight is 255 g/mol. The summed E-state index contributed by atoms with van der Waals surface area (Å²) < 4.78 is 26.0. The van der Waals surface area contributed by atoms with Crippen LogP contribution in [0.3, 0.4) is 0 Å². The van der Waals surface area contributed by atoms with Crippen molar-refractivity contribution in [2.24, 2.45) is 0 Å². The SMILES string of the molecule is COc1ccc([N+](=O)[O-])cc1S(=O)[O-].[K+]. The summed E-state index contributed by atoms with van der Waals surface area (Å²) in [6.07, 6.45) is 0. The second-order valence-corrected chi connectivity index (χ2v) is 3.24. The van der Waals surface area contributed by atoms with Gasteiger partial charge in [-0.15, -0.1) is 0 Å². The summed E-state index contributed by atoms with van der Waals surface area (Å²) in [5.74, 6) is 0.0870. The molecule has 0 aliphatic heterocycles. The van der Waals surface area contributed by atoms with E-state index in [-0.39, 0.29) is 67.7 Å². The van der Waals surface area contributed by atoms with E-state index in [1.807, 2.05) is 0 Å². The van der Waals surface area contributed by atoms with Gasteiger partial charge in [0.2, 0.25) is 0 Å². The Morgan fingerprint density at radius 2 is 2.07 bits per heavy atom. The van der Waals surface area contributed by atoms with Gasteiger partial charge < -0.3 is 9.29 Å². The molecule has 0 heterocycles. The molecule has 0 bridgehead atoms. The van der Waals surface area contributed by atoms with E-state index >= 15 is 0 Å². The van der Waals surface area contributed by atoms with Gasteiger partial charge in [-0.25, -0.2) is 0 Å². The molecule has 1 rings (SSSR count). The first-order valence-corrected chi connectivity index (χ1v) is 4.55. The van der Waals surface area contributed by atoms with Crippen LogP contribution < -0.4 is 56.1 Å². The number of nitro groups is 1. The minimum absolute atomic E-state index is 0. The van der Waals surface area contributed by atoms with E-state index in [4.69, 9.17) is 4.74 Å². The van der Waals surface area contributed by atoms with E-state index in [0.29, 0.717) is 0 Å². The number of rotatable bonds is 3. The van der Waals surface area contributed by atoms with Crippen molar-refractivity contribution in [1.29, 1.82) is 0 Å². The predicted octanol–water partition coefficient (Wildman–Crippen LogP) is -2.15. The molecular weight excluding hydrogens is 249 g/mol. The Bertz CT molecular complexity index is 397. The Hall–Kier alpha value is 0.166. The molecule has 8 heteroatoms. The molecule has 0 amide bonds. The third-order valence-electron chi connectivity index (χ3n) is 1.54. The molecule has 15 heavy (non-hydrogen) atoms. The zero-order valence-corrected chi connectivity index (χ0v) is 12.1. The standard InChI is InChI=1S/C7H7NO5S.K/c1-13-6-3-2-5(8(9)10)4-7(6)14(11)12;/h2-4H,1H3,(H,11,12);/q;+1/p-1. The molecular formula is C7H6KNO5S. The second-order valence-electron chi connectivity index (χ2n) is 2.33. The Morgan fingerprint density at radius 1 is 1.47 bits per heavy atom. The number of ether oxygens (including phenoxy) is 1. The van der Waals surface area contributed by atoms with E-state index in [2.05, 4.69) is 0 Å². The zero-order chi connectivity index (χ0) is 10.7. The summed E-state index contributed by atoms with van der Waals surface area (Å²) in [7, 11) is 1.29. The van der Waals surface area contributed by atoms with Crippen molar-refractivity contribution in [1.82, 2.24) is 0 Å². The van der Waals surface area contributed by atoms with Gasteiger partial charge in [-0.2, -0.15) is 0 Å². The third-order valence-corrected chi connectivity index (χ3v) is 2.22. The maximum atomic E-state index is 10.7. The minimum Gasteiger partial charge on any atom is -0.768 e. The first kappa shape index (κ1) is 15.2. The van der Waals surface area contributed by atoms with Crippen molar-refractivity contribution in [2.75, 3.05) is 7.11 Å². The Kier molecular flexibility index (Phi) is 6.76. The van der Waals surface area contributed by atoms with Gasteiger partial charge in [0, 0.05) is 12.1 Å². The van der Waals surface area contributed by atoms with Crippen LogP contribution in [0.25, 0.3) is 0 Å². The fourth-order valence-corrected chi connectivity index (χ4v) is 1.44. The van der Waals surface area contributed by atoms with E-state index in [1.54, 1.807) is 0 Å². The summed E-state index contributed by atoms with van der Waals surface area (Å²) in [6.45, 7) is 0. The van der Waals surface area contributed by atoms with Crippen LogP contribution in [-0.4, -0.2) is 20.8 Å². The van der Waals surface area contributed by atoms with Crippen LogP contribution in [0.1, 0.15) is 0 Å². The molecule has 0 saturated carbocycles. The summed E-state index contributed by atoms with van der Waals surface area (Å²) in [4.78, 5) is 9.45. The molecule has 0 radical (unpaired) electrons. The largest absolute Gasteiger partial charge is 1.00 e. The summed E-state index contributed by atoms with van der Waals surface area (Å²) in [6, 6.07) is 3.36. The maximum Gasteiger partial charge on any atom is 1.00 e. The van der Waals surface area contributed by atoms with Crippen LogP contribution in [0.4, 0.5) is 5.69 Å². The Balaban J connectivity index is 0.00000196. The summed E-state index contributed by atoms with van der Waals surface area (Å²) in [5, 5.41) is 10.3. The number of hydrogen-bond donors (Lipinski definition) is 0. The van der Waals surface area contributed by atoms with Crippen LogP contribution in [0.2, 0.25) is 0 Å². The normalized spacial score (nSPS) is 11.3. The Morgan fingerprint density at radius 3 is 2.47 bits per heavy atom. The molecule has 1 aromatic carbocycles. The van der Waals surface area contributed by atoms with Crippen molar-refractivity contribution in [2.45, 2.75) is 4.90 Å². The van der Waals surface area contributed by atoms with Gasteiger partial charge in [0.15, 0.2) is 0 Å². The average Bonchev–Trinajstić information content (AvgIpc) is 2.16. The van der Waals surface area contributed by atoms with Crippen molar-refractivity contribution < 1.29 is 69.8 Å². The molecule has 0 saturated heterocycles. The number of non-ortho nitro benzene ring substituents is 1. The molecule has 6 nitrogen and oxygen atoms in total. The third kappa shape index (κ3) is 3.91. The quantitative estimate of drug-likeness (QED) is 0.266. The number of nitrogens with zero attached hydrogens (tertiary/aromatic N) is 1. The van der Waals surface area contributed by atoms with Gasteiger partial charge in [-0.05, 0) is 17.1 Å². The van der Waals surface area contributed by atoms with Gasteiger partial charge in [0.25, 0.3) is 5.69 Å². The van der Waals surface area contributed by atoms with E-state index in [9.17, 15) is 18.9 Å². The molecule has 76 valence electrons. The smallest absolute Gasteiger partial charge is 0.768 e. The molecule has 0 aromatic heterocycles. The molecule has 0 aliphatic carbocycles. The van der Waals surface area contributed by atoms with E-state index < -0.39 is 16.0 Å². The number of nitro benzene ring substituents is 1. The van der Waals surface area contributed by atoms with Crippen molar-refractivity contribution >= 4 is 16.8 Å². The summed E-state index contributed by atoms with van der Waals surface area (Å²) >= 11 is -2.55. The van der Waals surface area contributed by atoms with Crippen molar-refractivity contribution in [3.8, 4) is 5.75 Å². The number of benzene rings is 1. The zero-order valence-electron chi connectivity index (χ0n) is 8.13.